The molecule has 0 aliphatic rings. The van der Waals surface area contributed by atoms with E-state index in [4.69, 9.17) is 0 Å². The molecule has 0 spiro atoms. The Kier molecular flexibility index (Phi) is 4.80. The first-order valence-electron chi connectivity index (χ1n) is 7.99. The largest absolute Gasteiger partial charge is 0.416 e. The van der Waals surface area contributed by atoms with E-state index in [0.717, 1.165) is 28.5 Å². The molecule has 0 radical (unpaired) electrons. The van der Waals surface area contributed by atoms with Gasteiger partial charge in [0.2, 0.25) is 5.91 Å². The maximum atomic E-state index is 12.8. The van der Waals surface area contributed by atoms with Crippen molar-refractivity contribution < 1.29 is 18.0 Å². The van der Waals surface area contributed by atoms with Gasteiger partial charge in [-0.25, -0.2) is 0 Å². The van der Waals surface area contributed by atoms with Crippen molar-refractivity contribution in [1.29, 1.82) is 0 Å². The number of fused-ring (bicyclic) bond motifs is 1. The van der Waals surface area contributed by atoms with E-state index in [-0.39, 0.29) is 5.91 Å². The van der Waals surface area contributed by atoms with E-state index in [9.17, 15) is 18.0 Å². The van der Waals surface area contributed by atoms with Crippen LogP contribution in [0, 0.1) is 0 Å². The lowest BCUT2D eigenvalue weighted by Gasteiger charge is -2.13. The summed E-state index contributed by atoms with van der Waals surface area (Å²) in [6, 6.07) is 18.2. The van der Waals surface area contributed by atoms with Crippen molar-refractivity contribution in [3.05, 3.63) is 89.5 Å². The molecule has 0 aliphatic heterocycles. The third-order valence-corrected chi connectivity index (χ3v) is 4.12. The second kappa shape index (κ2) is 7.04. The Hall–Kier alpha value is -3.08. The van der Waals surface area contributed by atoms with E-state index in [1.165, 1.54) is 25.3 Å². The van der Waals surface area contributed by atoms with E-state index >= 15 is 0 Å². The Morgan fingerprint density at radius 2 is 1.58 bits per heavy atom. The van der Waals surface area contributed by atoms with Crippen LogP contribution in [0.25, 0.3) is 16.3 Å². The number of nitrogens with one attached hydrogen (secondary N) is 1. The third kappa shape index (κ3) is 3.61. The molecule has 3 aromatic carbocycles. The average molecular weight is 355 g/mol. The molecule has 0 unspecified atom stereocenters. The monoisotopic (exact) mass is 355 g/mol. The molecule has 0 aromatic heterocycles. The van der Waals surface area contributed by atoms with Crippen LogP contribution in [0.4, 0.5) is 13.2 Å². The fourth-order valence-corrected chi connectivity index (χ4v) is 2.82. The number of hydrogen-bond acceptors (Lipinski definition) is 1. The zero-order chi connectivity index (χ0) is 18.7. The lowest BCUT2D eigenvalue weighted by molar-refractivity contribution is -0.137. The van der Waals surface area contributed by atoms with Crippen LogP contribution < -0.4 is 5.32 Å². The van der Waals surface area contributed by atoms with E-state index in [2.05, 4.69) is 5.32 Å². The lowest BCUT2D eigenvalue weighted by atomic mass is 9.92. The van der Waals surface area contributed by atoms with Crippen LogP contribution in [0.15, 0.2) is 72.8 Å². The van der Waals surface area contributed by atoms with Crippen LogP contribution in [0.2, 0.25) is 0 Å². The number of likely N-dealkylation sites (N-methyl/N-ethyl adjacent to an activating group) is 1. The second-order valence-corrected chi connectivity index (χ2v) is 5.77. The summed E-state index contributed by atoms with van der Waals surface area (Å²) in [5.74, 6) is -0.326. The molecule has 3 rings (SSSR count). The highest BCUT2D eigenvalue weighted by molar-refractivity contribution is 6.04. The number of carbonyl (C=O) groups is 1. The second-order valence-electron chi connectivity index (χ2n) is 5.77. The first-order valence-corrected chi connectivity index (χ1v) is 7.99. The van der Waals surface area contributed by atoms with Gasteiger partial charge in [-0.3, -0.25) is 4.79 Å². The summed E-state index contributed by atoms with van der Waals surface area (Å²) >= 11 is 0. The Labute approximate surface area is 149 Å². The van der Waals surface area contributed by atoms with Gasteiger partial charge < -0.3 is 5.32 Å². The normalized spacial score (nSPS) is 12.2. The van der Waals surface area contributed by atoms with E-state index in [1.54, 1.807) is 0 Å². The number of alkyl halides is 3. The summed E-state index contributed by atoms with van der Waals surface area (Å²) in [4.78, 5) is 12.0. The van der Waals surface area contributed by atoms with Gasteiger partial charge in [0, 0.05) is 13.1 Å². The molecule has 0 bridgehead atoms. The van der Waals surface area contributed by atoms with Crippen LogP contribution in [0.1, 0.15) is 16.7 Å². The van der Waals surface area contributed by atoms with E-state index in [1.807, 2.05) is 42.5 Å². The fraction of sp³-hybridized carbons (Fsp3) is 0.0952. The number of amides is 1. The molecular weight excluding hydrogens is 339 g/mol. The molecule has 0 saturated carbocycles. The lowest BCUT2D eigenvalue weighted by Crippen LogP contribution is -2.15. The minimum Gasteiger partial charge on any atom is -0.356 e. The zero-order valence-corrected chi connectivity index (χ0v) is 14.0. The van der Waals surface area contributed by atoms with Gasteiger partial charge in [-0.2, -0.15) is 13.2 Å². The number of halogens is 3. The van der Waals surface area contributed by atoms with Gasteiger partial charge in [0.05, 0.1) is 5.56 Å². The molecular formula is C21H16F3NO. The van der Waals surface area contributed by atoms with Gasteiger partial charge >= 0.3 is 6.18 Å². The molecule has 0 heterocycles. The van der Waals surface area contributed by atoms with Crippen LogP contribution in [0.3, 0.4) is 0 Å². The average Bonchev–Trinajstić information content (AvgIpc) is 2.65. The number of carbonyl (C=O) groups excluding carboxylic acids is 1. The van der Waals surface area contributed by atoms with Crippen molar-refractivity contribution in [3.8, 4) is 0 Å². The SMILES string of the molecule is CNC(=O)/C=C(/c1ccc(C(F)(F)F)cc1)c1cccc2ccccc12. The zero-order valence-electron chi connectivity index (χ0n) is 14.0. The maximum Gasteiger partial charge on any atom is 0.416 e. The van der Waals surface area contributed by atoms with Gasteiger partial charge in [0.1, 0.15) is 0 Å². The first-order chi connectivity index (χ1) is 12.4. The number of hydrogen-bond donors (Lipinski definition) is 1. The van der Waals surface area contributed by atoms with Crippen LogP contribution >= 0.6 is 0 Å². The summed E-state index contributed by atoms with van der Waals surface area (Å²) in [6.07, 6.45) is -2.99. The summed E-state index contributed by atoms with van der Waals surface area (Å²) < 4.78 is 38.5. The Balaban J connectivity index is 2.18. The molecule has 0 saturated heterocycles. The number of rotatable bonds is 3. The fourth-order valence-electron chi connectivity index (χ4n) is 2.82. The first kappa shape index (κ1) is 17.7. The Bertz CT molecular complexity index is 967. The highest BCUT2D eigenvalue weighted by Crippen LogP contribution is 2.33. The van der Waals surface area contributed by atoms with E-state index in [0.29, 0.717) is 11.1 Å². The molecule has 26 heavy (non-hydrogen) atoms. The van der Waals surface area contributed by atoms with Gasteiger partial charge in [0.15, 0.2) is 0 Å². The van der Waals surface area contributed by atoms with Crippen LogP contribution in [-0.2, 0) is 11.0 Å². The van der Waals surface area contributed by atoms with Gasteiger partial charge in [-0.1, -0.05) is 54.6 Å². The summed E-state index contributed by atoms with van der Waals surface area (Å²) in [5, 5.41) is 4.43. The highest BCUT2D eigenvalue weighted by atomic mass is 19.4. The van der Waals surface area contributed by atoms with Crippen molar-refractivity contribution in [3.63, 3.8) is 0 Å². The predicted octanol–water partition coefficient (Wildman–Crippen LogP) is 5.04. The molecule has 2 nitrogen and oxygen atoms in total. The summed E-state index contributed by atoms with van der Waals surface area (Å²) in [7, 11) is 1.51. The number of benzene rings is 3. The minimum absolute atomic E-state index is 0.326. The molecule has 132 valence electrons. The molecule has 1 amide bonds. The van der Waals surface area contributed by atoms with Crippen molar-refractivity contribution >= 4 is 22.3 Å². The van der Waals surface area contributed by atoms with Gasteiger partial charge in [0.25, 0.3) is 0 Å². The van der Waals surface area contributed by atoms with E-state index < -0.39 is 11.7 Å². The third-order valence-electron chi connectivity index (χ3n) is 4.12. The molecule has 3 aromatic rings. The summed E-state index contributed by atoms with van der Waals surface area (Å²) in [5.41, 5.74) is 1.16. The Morgan fingerprint density at radius 1 is 0.923 bits per heavy atom. The predicted molar refractivity (Wildman–Crippen MR) is 96.5 cm³/mol. The topological polar surface area (TPSA) is 29.1 Å². The molecule has 0 aliphatic carbocycles. The van der Waals surface area contributed by atoms with Crippen molar-refractivity contribution in [1.82, 2.24) is 5.32 Å². The Morgan fingerprint density at radius 3 is 2.23 bits per heavy atom. The highest BCUT2D eigenvalue weighted by Gasteiger charge is 2.30. The maximum absolute atomic E-state index is 12.8. The standard InChI is InChI=1S/C21H16F3NO/c1-25-20(26)13-19(15-9-11-16(12-10-15)21(22,23)24)18-8-4-6-14-5-2-3-7-17(14)18/h2-13H,1H3,(H,25,26)/b19-13-. The van der Waals surface area contributed by atoms with Gasteiger partial charge in [-0.15, -0.1) is 0 Å². The molecule has 1 N–H and O–H groups in total. The molecule has 0 atom stereocenters. The quantitative estimate of drug-likeness (QED) is 0.656. The molecule has 0 fully saturated rings. The van der Waals surface area contributed by atoms with Crippen LogP contribution in [0.5, 0.6) is 0 Å². The van der Waals surface area contributed by atoms with Gasteiger partial charge in [-0.05, 0) is 39.6 Å². The minimum atomic E-state index is -4.40. The van der Waals surface area contributed by atoms with Crippen molar-refractivity contribution in [2.24, 2.45) is 0 Å². The molecule has 5 heteroatoms. The van der Waals surface area contributed by atoms with Crippen molar-refractivity contribution in [2.75, 3.05) is 7.05 Å². The summed E-state index contributed by atoms with van der Waals surface area (Å²) in [6.45, 7) is 0. The van der Waals surface area contributed by atoms with Crippen LogP contribution in [-0.4, -0.2) is 13.0 Å². The van der Waals surface area contributed by atoms with Crippen molar-refractivity contribution in [2.45, 2.75) is 6.18 Å². The smallest absolute Gasteiger partial charge is 0.356 e.